The average Bonchev–Trinajstić information content (AvgIpc) is 2.91. The fraction of sp³-hybridized carbons (Fsp3) is 0.333. The van der Waals surface area contributed by atoms with Gasteiger partial charge in [0.1, 0.15) is 24.5 Å². The Balaban J connectivity index is 1.72. The molecular formula is C15H17N3O2S. The predicted octanol–water partition coefficient (Wildman–Crippen LogP) is 1.85. The van der Waals surface area contributed by atoms with E-state index in [1.807, 2.05) is 13.1 Å². The van der Waals surface area contributed by atoms with Crippen molar-refractivity contribution in [3.63, 3.8) is 0 Å². The summed E-state index contributed by atoms with van der Waals surface area (Å²) in [4.78, 5) is 5.30. The molecule has 0 radical (unpaired) electrons. The summed E-state index contributed by atoms with van der Waals surface area (Å²) in [5.41, 5.74) is 0.470. The highest BCUT2D eigenvalue weighted by molar-refractivity contribution is 7.11. The molecule has 1 atom stereocenters. The fourth-order valence-corrected chi connectivity index (χ4v) is 2.54. The molecule has 1 aromatic carbocycles. The lowest BCUT2D eigenvalue weighted by atomic mass is 10.2. The molecule has 2 rings (SSSR count). The van der Waals surface area contributed by atoms with Crippen LogP contribution in [-0.4, -0.2) is 29.3 Å². The molecule has 0 aliphatic rings. The van der Waals surface area contributed by atoms with Gasteiger partial charge in [-0.2, -0.15) is 5.26 Å². The lowest BCUT2D eigenvalue weighted by molar-refractivity contribution is 0.106. The van der Waals surface area contributed by atoms with Gasteiger partial charge in [0.25, 0.3) is 0 Å². The smallest absolute Gasteiger partial charge is 0.137 e. The number of para-hydroxylation sites is 1. The van der Waals surface area contributed by atoms with Crippen molar-refractivity contribution < 1.29 is 9.84 Å². The number of aliphatic hydroxyl groups is 1. The van der Waals surface area contributed by atoms with Gasteiger partial charge < -0.3 is 15.2 Å². The number of thiazole rings is 1. The highest BCUT2D eigenvalue weighted by Crippen LogP contribution is 2.16. The van der Waals surface area contributed by atoms with Crippen LogP contribution in [0.25, 0.3) is 0 Å². The van der Waals surface area contributed by atoms with Crippen molar-refractivity contribution in [1.29, 1.82) is 5.26 Å². The van der Waals surface area contributed by atoms with Gasteiger partial charge >= 0.3 is 0 Å². The molecule has 0 aliphatic carbocycles. The lowest BCUT2D eigenvalue weighted by Gasteiger charge is -2.13. The third-order valence-corrected chi connectivity index (χ3v) is 3.70. The summed E-state index contributed by atoms with van der Waals surface area (Å²) in [7, 11) is 0. The summed E-state index contributed by atoms with van der Waals surface area (Å²) < 4.78 is 5.47. The first-order valence-electron chi connectivity index (χ1n) is 6.61. The van der Waals surface area contributed by atoms with Gasteiger partial charge in [-0.05, 0) is 19.1 Å². The van der Waals surface area contributed by atoms with Crippen LogP contribution in [0.15, 0.2) is 30.5 Å². The van der Waals surface area contributed by atoms with E-state index in [0.717, 1.165) is 9.88 Å². The predicted molar refractivity (Wildman–Crippen MR) is 81.2 cm³/mol. The Morgan fingerprint density at radius 3 is 3.00 bits per heavy atom. The molecule has 21 heavy (non-hydrogen) atoms. The van der Waals surface area contributed by atoms with Gasteiger partial charge in [0.05, 0.1) is 10.6 Å². The summed E-state index contributed by atoms with van der Waals surface area (Å²) in [6, 6.07) is 9.04. The Bertz CT molecular complexity index is 621. The zero-order chi connectivity index (χ0) is 15.1. The van der Waals surface area contributed by atoms with E-state index < -0.39 is 6.10 Å². The molecule has 1 heterocycles. The second-order valence-corrected chi connectivity index (χ2v) is 5.87. The van der Waals surface area contributed by atoms with Crippen molar-refractivity contribution in [1.82, 2.24) is 10.3 Å². The molecule has 5 nitrogen and oxygen atoms in total. The Hall–Kier alpha value is -1.94. The molecule has 0 bridgehead atoms. The van der Waals surface area contributed by atoms with Crippen molar-refractivity contribution in [2.24, 2.45) is 0 Å². The van der Waals surface area contributed by atoms with Gasteiger partial charge in [0.15, 0.2) is 0 Å². The molecule has 1 unspecified atom stereocenters. The minimum atomic E-state index is -0.634. The molecule has 2 N–H and O–H groups in total. The van der Waals surface area contributed by atoms with Crippen molar-refractivity contribution in [2.45, 2.75) is 19.6 Å². The molecule has 0 saturated heterocycles. The summed E-state index contributed by atoms with van der Waals surface area (Å²) in [5, 5.41) is 23.0. The number of aliphatic hydroxyl groups excluding tert-OH is 1. The second kappa shape index (κ2) is 7.74. The number of nitriles is 1. The van der Waals surface area contributed by atoms with E-state index in [1.54, 1.807) is 35.6 Å². The largest absolute Gasteiger partial charge is 0.489 e. The van der Waals surface area contributed by atoms with Crippen LogP contribution in [0.4, 0.5) is 0 Å². The van der Waals surface area contributed by atoms with Crippen LogP contribution < -0.4 is 10.1 Å². The molecule has 1 aromatic heterocycles. The molecule has 0 amide bonds. The maximum atomic E-state index is 9.87. The summed E-state index contributed by atoms with van der Waals surface area (Å²) in [5.74, 6) is 0.497. The lowest BCUT2D eigenvalue weighted by Crippen LogP contribution is -2.31. The molecule has 110 valence electrons. The number of benzene rings is 1. The van der Waals surface area contributed by atoms with Gasteiger partial charge in [0.2, 0.25) is 0 Å². The number of ether oxygens (including phenoxy) is 1. The zero-order valence-electron chi connectivity index (χ0n) is 11.7. The minimum absolute atomic E-state index is 0.146. The van der Waals surface area contributed by atoms with E-state index in [9.17, 15) is 5.11 Å². The average molecular weight is 303 g/mol. The summed E-state index contributed by atoms with van der Waals surface area (Å²) in [6.45, 7) is 3.21. The van der Waals surface area contributed by atoms with Gasteiger partial charge in [-0.1, -0.05) is 12.1 Å². The van der Waals surface area contributed by atoms with E-state index in [-0.39, 0.29) is 6.61 Å². The molecule has 0 spiro atoms. The van der Waals surface area contributed by atoms with Gasteiger partial charge in [-0.3, -0.25) is 0 Å². The van der Waals surface area contributed by atoms with Crippen molar-refractivity contribution in [3.8, 4) is 11.8 Å². The SMILES string of the molecule is Cc1ncc(CNCC(O)COc2ccccc2C#N)s1. The number of rotatable bonds is 7. The monoisotopic (exact) mass is 303 g/mol. The van der Waals surface area contributed by atoms with Crippen LogP contribution in [0.2, 0.25) is 0 Å². The summed E-state index contributed by atoms with van der Waals surface area (Å²) >= 11 is 1.63. The van der Waals surface area contributed by atoms with Crippen molar-refractivity contribution >= 4 is 11.3 Å². The number of nitrogens with zero attached hydrogens (tertiary/aromatic N) is 2. The van der Waals surface area contributed by atoms with E-state index in [4.69, 9.17) is 10.00 Å². The van der Waals surface area contributed by atoms with Crippen molar-refractivity contribution in [2.75, 3.05) is 13.2 Å². The van der Waals surface area contributed by atoms with E-state index in [0.29, 0.717) is 24.4 Å². The zero-order valence-corrected chi connectivity index (χ0v) is 12.6. The standard InChI is InChI=1S/C15H17N3O2S/c1-11-18-9-14(21-11)8-17-7-13(19)10-20-15-5-3-2-4-12(15)6-16/h2-5,9,13,17,19H,7-8,10H2,1H3. The Labute approximate surface area is 127 Å². The third kappa shape index (κ3) is 4.83. The van der Waals surface area contributed by atoms with Crippen LogP contribution in [0, 0.1) is 18.3 Å². The highest BCUT2D eigenvalue weighted by Gasteiger charge is 2.08. The number of hydrogen-bond acceptors (Lipinski definition) is 6. The molecular weight excluding hydrogens is 286 g/mol. The molecule has 0 saturated carbocycles. The number of hydrogen-bond donors (Lipinski definition) is 2. The second-order valence-electron chi connectivity index (χ2n) is 4.55. The van der Waals surface area contributed by atoms with Gasteiger partial charge in [-0.25, -0.2) is 4.98 Å². The Morgan fingerprint density at radius 1 is 1.48 bits per heavy atom. The van der Waals surface area contributed by atoms with E-state index in [1.165, 1.54) is 0 Å². The molecule has 0 fully saturated rings. The molecule has 0 aliphatic heterocycles. The normalized spacial score (nSPS) is 11.9. The first kappa shape index (κ1) is 15.4. The molecule has 6 heteroatoms. The summed E-state index contributed by atoms with van der Waals surface area (Å²) in [6.07, 6.45) is 1.20. The quantitative estimate of drug-likeness (QED) is 0.816. The topological polar surface area (TPSA) is 78.2 Å². The van der Waals surface area contributed by atoms with Gasteiger partial charge in [-0.15, -0.1) is 11.3 Å². The van der Waals surface area contributed by atoms with Crippen LogP contribution in [0.5, 0.6) is 5.75 Å². The van der Waals surface area contributed by atoms with Crippen LogP contribution >= 0.6 is 11.3 Å². The van der Waals surface area contributed by atoms with E-state index >= 15 is 0 Å². The molecule has 2 aromatic rings. The van der Waals surface area contributed by atoms with Crippen LogP contribution in [0.1, 0.15) is 15.4 Å². The minimum Gasteiger partial charge on any atom is -0.489 e. The number of aryl methyl sites for hydroxylation is 1. The van der Waals surface area contributed by atoms with E-state index in [2.05, 4.69) is 16.4 Å². The third-order valence-electron chi connectivity index (χ3n) is 2.79. The van der Waals surface area contributed by atoms with Crippen LogP contribution in [-0.2, 0) is 6.54 Å². The Morgan fingerprint density at radius 2 is 2.29 bits per heavy atom. The number of nitrogens with one attached hydrogen (secondary N) is 1. The Kier molecular flexibility index (Phi) is 5.69. The highest BCUT2D eigenvalue weighted by atomic mass is 32.1. The maximum absolute atomic E-state index is 9.87. The number of aromatic nitrogens is 1. The van der Waals surface area contributed by atoms with Gasteiger partial charge in [0, 0.05) is 24.2 Å². The first-order valence-corrected chi connectivity index (χ1v) is 7.42. The van der Waals surface area contributed by atoms with Crippen molar-refractivity contribution in [3.05, 3.63) is 45.9 Å². The van der Waals surface area contributed by atoms with Crippen LogP contribution in [0.3, 0.4) is 0 Å². The maximum Gasteiger partial charge on any atom is 0.137 e. The first-order chi connectivity index (χ1) is 10.2. The fourth-order valence-electron chi connectivity index (χ4n) is 1.78.